The summed E-state index contributed by atoms with van der Waals surface area (Å²) in [5.41, 5.74) is 18.8. The van der Waals surface area contributed by atoms with Crippen molar-refractivity contribution in [1.82, 2.24) is 0 Å². The molecule has 0 N–H and O–H groups in total. The summed E-state index contributed by atoms with van der Waals surface area (Å²) in [6.45, 7) is 4.71. The molecule has 1 heteroatoms. The van der Waals surface area contributed by atoms with E-state index in [9.17, 15) is 0 Å². The average Bonchev–Trinajstić information content (AvgIpc) is 3.73. The maximum absolute atomic E-state index is 6.32. The fourth-order valence-electron chi connectivity index (χ4n) is 9.20. The van der Waals surface area contributed by atoms with Crippen LogP contribution in [0.5, 0.6) is 0 Å². The summed E-state index contributed by atoms with van der Waals surface area (Å²) in [5, 5.41) is 2.33. The van der Waals surface area contributed by atoms with Gasteiger partial charge in [-0.1, -0.05) is 184 Å². The molecule has 1 aliphatic carbocycles. The zero-order valence-corrected chi connectivity index (χ0v) is 31.3. The van der Waals surface area contributed by atoms with Crippen LogP contribution in [-0.2, 0) is 11.8 Å². The molecule has 0 saturated carbocycles. The van der Waals surface area contributed by atoms with Crippen LogP contribution in [0.4, 0.5) is 0 Å². The van der Waals surface area contributed by atoms with Crippen LogP contribution in [0.15, 0.2) is 192 Å². The lowest BCUT2D eigenvalue weighted by Crippen LogP contribution is -2.14. The number of furan rings is 1. The number of para-hydroxylation sites is 1. The summed E-state index contributed by atoms with van der Waals surface area (Å²) < 4.78 is 6.32. The molecule has 0 fully saturated rings. The van der Waals surface area contributed by atoms with Gasteiger partial charge >= 0.3 is 0 Å². The van der Waals surface area contributed by atoms with Crippen molar-refractivity contribution in [3.63, 3.8) is 0 Å². The van der Waals surface area contributed by atoms with E-state index in [1.54, 1.807) is 0 Å². The van der Waals surface area contributed by atoms with Gasteiger partial charge in [0.25, 0.3) is 0 Å². The minimum absolute atomic E-state index is 0.0216. The maximum Gasteiger partial charge on any atom is 0.136 e. The lowest BCUT2D eigenvalue weighted by Gasteiger charge is -2.24. The zero-order chi connectivity index (χ0) is 36.9. The van der Waals surface area contributed by atoms with Gasteiger partial charge in [-0.2, -0.15) is 0 Å². The van der Waals surface area contributed by atoms with Crippen molar-refractivity contribution in [2.24, 2.45) is 0 Å². The van der Waals surface area contributed by atoms with Gasteiger partial charge in [-0.25, -0.2) is 0 Å². The third kappa shape index (κ3) is 5.79. The van der Waals surface area contributed by atoms with E-state index in [0.29, 0.717) is 0 Å². The smallest absolute Gasteiger partial charge is 0.136 e. The Morgan fingerprint density at radius 2 is 1.07 bits per heavy atom. The van der Waals surface area contributed by atoms with Crippen LogP contribution < -0.4 is 0 Å². The molecule has 1 nitrogen and oxygen atoms in total. The van der Waals surface area contributed by atoms with Gasteiger partial charge < -0.3 is 4.42 Å². The van der Waals surface area contributed by atoms with Gasteiger partial charge in [-0.3, -0.25) is 0 Å². The molecule has 1 heterocycles. The Labute approximate surface area is 323 Å². The zero-order valence-electron chi connectivity index (χ0n) is 31.3. The van der Waals surface area contributed by atoms with Crippen LogP contribution >= 0.6 is 0 Å². The SMILES string of the molecule is CC1(C)c2ccccc2-c2cc(-c3ccccc3C(CCc3ccc(-c4ccccc4)cc3)c3cccc(-c4cccc5oc6ccccc6c45)c3)ccc21. The molecule has 8 aromatic carbocycles. The summed E-state index contributed by atoms with van der Waals surface area (Å²) >= 11 is 0. The van der Waals surface area contributed by atoms with Crippen molar-refractivity contribution in [1.29, 1.82) is 0 Å². The van der Waals surface area contributed by atoms with Crippen LogP contribution in [-0.4, -0.2) is 0 Å². The van der Waals surface area contributed by atoms with Gasteiger partial charge in [0, 0.05) is 22.1 Å². The van der Waals surface area contributed by atoms with E-state index in [4.69, 9.17) is 4.42 Å². The van der Waals surface area contributed by atoms with Crippen molar-refractivity contribution >= 4 is 21.9 Å². The molecule has 1 aromatic heterocycles. The minimum Gasteiger partial charge on any atom is -0.456 e. The fraction of sp³-hybridized carbons (Fsp3) is 0.111. The van der Waals surface area contributed by atoms with E-state index in [1.807, 2.05) is 6.07 Å². The Hall–Kier alpha value is -6.44. The summed E-state index contributed by atoms with van der Waals surface area (Å²) in [4.78, 5) is 0. The first-order valence-electron chi connectivity index (χ1n) is 19.5. The van der Waals surface area contributed by atoms with Crippen molar-refractivity contribution in [2.45, 2.75) is 38.0 Å². The van der Waals surface area contributed by atoms with Crippen LogP contribution in [0, 0.1) is 0 Å². The molecule has 1 atom stereocenters. The molecular formula is C54H42O. The van der Waals surface area contributed by atoms with E-state index in [2.05, 4.69) is 196 Å². The summed E-state index contributed by atoms with van der Waals surface area (Å²) in [6.07, 6.45) is 1.94. The van der Waals surface area contributed by atoms with E-state index in [-0.39, 0.29) is 11.3 Å². The first-order chi connectivity index (χ1) is 27.0. The normalized spacial score (nSPS) is 13.5. The second kappa shape index (κ2) is 13.4. The predicted octanol–water partition coefficient (Wildman–Crippen LogP) is 14.7. The molecule has 1 unspecified atom stereocenters. The number of rotatable bonds is 8. The lowest BCUT2D eigenvalue weighted by atomic mass is 9.80. The molecule has 9 aromatic rings. The average molecular weight is 707 g/mol. The summed E-state index contributed by atoms with van der Waals surface area (Å²) in [5.74, 6) is 0.169. The Morgan fingerprint density at radius 1 is 0.455 bits per heavy atom. The Bertz CT molecular complexity index is 2840. The predicted molar refractivity (Wildman–Crippen MR) is 231 cm³/mol. The molecule has 0 saturated heterocycles. The van der Waals surface area contributed by atoms with Crippen molar-refractivity contribution in [3.05, 3.63) is 216 Å². The number of hydrogen-bond donors (Lipinski definition) is 0. The highest BCUT2D eigenvalue weighted by Gasteiger charge is 2.35. The van der Waals surface area contributed by atoms with Crippen LogP contribution in [0.2, 0.25) is 0 Å². The molecule has 264 valence electrons. The number of benzene rings is 8. The summed E-state index contributed by atoms with van der Waals surface area (Å²) in [7, 11) is 0. The lowest BCUT2D eigenvalue weighted by molar-refractivity contribution is 0.660. The first kappa shape index (κ1) is 33.2. The monoisotopic (exact) mass is 706 g/mol. The molecule has 10 rings (SSSR count). The van der Waals surface area contributed by atoms with Crippen molar-refractivity contribution in [3.8, 4) is 44.5 Å². The molecular weight excluding hydrogens is 665 g/mol. The largest absolute Gasteiger partial charge is 0.456 e. The molecule has 0 radical (unpaired) electrons. The third-order valence-electron chi connectivity index (χ3n) is 12.0. The highest BCUT2D eigenvalue weighted by atomic mass is 16.3. The molecule has 0 spiro atoms. The van der Waals surface area contributed by atoms with Gasteiger partial charge in [-0.05, 0) is 103 Å². The molecule has 0 amide bonds. The van der Waals surface area contributed by atoms with Gasteiger partial charge in [0.1, 0.15) is 11.2 Å². The van der Waals surface area contributed by atoms with Crippen LogP contribution in [0.3, 0.4) is 0 Å². The molecule has 0 aliphatic heterocycles. The maximum atomic E-state index is 6.32. The highest BCUT2D eigenvalue weighted by Crippen LogP contribution is 2.50. The van der Waals surface area contributed by atoms with Crippen molar-refractivity contribution in [2.75, 3.05) is 0 Å². The fourth-order valence-corrected chi connectivity index (χ4v) is 9.20. The third-order valence-corrected chi connectivity index (χ3v) is 12.0. The second-order valence-corrected chi connectivity index (χ2v) is 15.6. The Morgan fingerprint density at radius 3 is 1.95 bits per heavy atom. The number of hydrogen-bond acceptors (Lipinski definition) is 1. The highest BCUT2D eigenvalue weighted by molar-refractivity contribution is 6.12. The Kier molecular flexibility index (Phi) is 8.11. The van der Waals surface area contributed by atoms with E-state index < -0.39 is 0 Å². The van der Waals surface area contributed by atoms with Crippen LogP contribution in [0.1, 0.15) is 54.0 Å². The molecule has 55 heavy (non-hydrogen) atoms. The Balaban J connectivity index is 1.08. The van der Waals surface area contributed by atoms with Gasteiger partial charge in [0.2, 0.25) is 0 Å². The van der Waals surface area contributed by atoms with Gasteiger partial charge in [0.05, 0.1) is 0 Å². The quantitative estimate of drug-likeness (QED) is 0.153. The number of fused-ring (bicyclic) bond motifs is 6. The summed E-state index contributed by atoms with van der Waals surface area (Å²) in [6, 6.07) is 69.1. The van der Waals surface area contributed by atoms with Crippen LogP contribution in [0.25, 0.3) is 66.4 Å². The minimum atomic E-state index is -0.0216. The topological polar surface area (TPSA) is 13.1 Å². The van der Waals surface area contributed by atoms with Gasteiger partial charge in [-0.15, -0.1) is 0 Å². The molecule has 1 aliphatic rings. The number of aryl methyl sites for hydroxylation is 1. The van der Waals surface area contributed by atoms with E-state index in [0.717, 1.165) is 29.4 Å². The van der Waals surface area contributed by atoms with Crippen molar-refractivity contribution < 1.29 is 4.42 Å². The van der Waals surface area contributed by atoms with Gasteiger partial charge in [0.15, 0.2) is 0 Å². The first-order valence-corrected chi connectivity index (χ1v) is 19.5. The second-order valence-electron chi connectivity index (χ2n) is 15.6. The van der Waals surface area contributed by atoms with E-state index >= 15 is 0 Å². The standard InChI is InChI=1S/C54H42O/c1-54(2)49-23-10-8-20-46(49)48-35-41(31-33-50(48)54)42-18-6-7-19-45(42)43(32-28-36-26-29-38(30-27-36)37-14-4-3-5-15-37)39-16-12-17-40(34-39)44-22-13-25-52-53(44)47-21-9-11-24-51(47)55-52/h3-27,29-31,33-35,43H,28,32H2,1-2H3. The molecule has 0 bridgehead atoms. The van der Waals surface area contributed by atoms with E-state index in [1.165, 1.54) is 77.7 Å².